The molecule has 0 amide bonds. The molecule has 23 valence electrons. The van der Waals surface area contributed by atoms with E-state index in [4.69, 9.17) is 4.57 Å². The molecule has 0 heterocycles. The zero-order chi connectivity index (χ0) is 2.00. The van der Waals surface area contributed by atoms with Crippen LogP contribution in [0.1, 0.15) is 0 Å². The van der Waals surface area contributed by atoms with E-state index < -0.39 is 0 Å². The molecule has 0 aromatic carbocycles. The van der Waals surface area contributed by atoms with Crippen LogP contribution in [-0.2, 0) is 21.6 Å². The fraction of sp³-hybridized carbons (Fsp3) is 0. The molecule has 0 saturated carbocycles. The van der Waals surface area contributed by atoms with Crippen molar-refractivity contribution < 1.29 is 21.6 Å². The van der Waals surface area contributed by atoms with Crippen LogP contribution in [0.2, 0.25) is 0 Å². The Morgan fingerprint density at radius 1 is 1.25 bits per heavy atom. The van der Waals surface area contributed by atoms with Crippen molar-refractivity contribution in [1.29, 1.82) is 0 Å². The van der Waals surface area contributed by atoms with Gasteiger partial charge in [0.05, 0.1) is 0 Å². The molecule has 1 radical (unpaired) electrons. The van der Waals surface area contributed by atoms with Gasteiger partial charge in [0.25, 0.3) is 9.12 Å². The van der Waals surface area contributed by atoms with Crippen LogP contribution in [0.5, 0.6) is 0 Å². The van der Waals surface area contributed by atoms with Gasteiger partial charge < -0.3 is 0 Å². The minimum atomic E-state index is 0. The fourth-order valence-electron chi connectivity index (χ4n) is 0. The van der Waals surface area contributed by atoms with E-state index in [-0.39, 0.29) is 54.8 Å². The van der Waals surface area contributed by atoms with Gasteiger partial charge in [0.15, 0.2) is 0 Å². The molecule has 0 saturated heterocycles. The second kappa shape index (κ2) is 20.8. The summed E-state index contributed by atoms with van der Waals surface area (Å²) in [4.78, 5) is 0. The second-order valence-electron chi connectivity index (χ2n) is 0. The summed E-state index contributed by atoms with van der Waals surface area (Å²) in [7, 11) is 2.28. The molecule has 0 N–H and O–H groups in total. The zero-order valence-electron chi connectivity index (χ0n) is 1.21. The number of hydrogen-bond acceptors (Lipinski definition) is 1. The molecule has 0 fully saturated rings. The van der Waals surface area contributed by atoms with Gasteiger partial charge in [-0.05, 0) is 0 Å². The Morgan fingerprint density at radius 3 is 1.25 bits per heavy atom. The van der Waals surface area contributed by atoms with E-state index in [1.54, 1.807) is 0 Å². The summed E-state index contributed by atoms with van der Waals surface area (Å²) in [6, 6.07) is 0. The standard InChI is InChI=1S/Ca.Fe.OP.2H/c;;1-2;;. The first kappa shape index (κ1) is 16.9. The predicted octanol–water partition coefficient (Wildman–Crippen LogP) is -0.176. The van der Waals surface area contributed by atoms with Gasteiger partial charge in [-0.2, -0.15) is 0 Å². The van der Waals surface area contributed by atoms with Crippen molar-refractivity contribution in [2.24, 2.45) is 0 Å². The van der Waals surface area contributed by atoms with Crippen LogP contribution in [0.4, 0.5) is 0 Å². The Bertz CT molecular complexity index is 8.00. The molecule has 0 aliphatic heterocycles. The van der Waals surface area contributed by atoms with E-state index in [1.165, 1.54) is 0 Å². The summed E-state index contributed by atoms with van der Waals surface area (Å²) in [6.07, 6.45) is 0. The molecule has 4 heavy (non-hydrogen) atoms. The van der Waals surface area contributed by atoms with E-state index in [0.717, 1.165) is 0 Å². The van der Waals surface area contributed by atoms with Crippen molar-refractivity contribution in [3.8, 4) is 0 Å². The van der Waals surface area contributed by atoms with Gasteiger partial charge >= 0.3 is 37.7 Å². The Balaban J connectivity index is -0.00000000500. The number of hydrogen-bond donors (Lipinski definition) is 0. The Hall–Kier alpha value is 1.88. The summed E-state index contributed by atoms with van der Waals surface area (Å²) in [6.45, 7) is 0. The molecule has 0 aromatic rings. The van der Waals surface area contributed by atoms with E-state index in [0.29, 0.717) is 0 Å². The van der Waals surface area contributed by atoms with Crippen molar-refractivity contribution in [3.63, 3.8) is 0 Å². The maximum atomic E-state index is 7.94. The third-order valence-electron chi connectivity index (χ3n) is 0. The predicted molar refractivity (Wildman–Crippen MR) is 16.2 cm³/mol. The van der Waals surface area contributed by atoms with Crippen molar-refractivity contribution in [2.45, 2.75) is 0 Å². The third kappa shape index (κ3) is 9.11. The number of rotatable bonds is 0. The van der Waals surface area contributed by atoms with E-state index in [1.807, 2.05) is 0 Å². The molecular weight excluding hydrogens is 143 g/mol. The van der Waals surface area contributed by atoms with Crippen molar-refractivity contribution in [2.75, 3.05) is 0 Å². The Labute approximate surface area is 67.6 Å². The summed E-state index contributed by atoms with van der Waals surface area (Å²) < 4.78 is 7.94. The molecule has 0 rings (SSSR count). The monoisotopic (exact) mass is 145 g/mol. The quantitative estimate of drug-likeness (QED) is 0.341. The zero-order valence-corrected chi connectivity index (χ0v) is 3.21. The van der Waals surface area contributed by atoms with Gasteiger partial charge in [-0.3, -0.25) is 4.57 Å². The summed E-state index contributed by atoms with van der Waals surface area (Å²) in [5.74, 6) is 0. The molecular formula is H2CaFeOP. The summed E-state index contributed by atoms with van der Waals surface area (Å²) >= 11 is 0. The molecule has 4 heteroatoms. The third-order valence-corrected chi connectivity index (χ3v) is 0. The molecule has 0 spiro atoms. The molecule has 0 aliphatic carbocycles. The maximum absolute atomic E-state index is 7.94. The molecule has 0 unspecified atom stereocenters. The fourth-order valence-corrected chi connectivity index (χ4v) is 0. The SMILES string of the molecule is O=[P].[CaH2].[Fe]. The van der Waals surface area contributed by atoms with Crippen LogP contribution in [-0.4, -0.2) is 37.7 Å². The second-order valence-corrected chi connectivity index (χ2v) is 0. The Morgan fingerprint density at radius 2 is 1.25 bits per heavy atom. The van der Waals surface area contributed by atoms with Crippen LogP contribution in [0, 0.1) is 0 Å². The Kier molecular flexibility index (Phi) is 87.8. The van der Waals surface area contributed by atoms with E-state index in [2.05, 4.69) is 9.12 Å². The molecule has 0 aromatic heterocycles. The van der Waals surface area contributed by atoms with Gasteiger partial charge in [-0.1, -0.05) is 0 Å². The van der Waals surface area contributed by atoms with Gasteiger partial charge in [0.1, 0.15) is 0 Å². The molecule has 0 aliphatic rings. The van der Waals surface area contributed by atoms with Gasteiger partial charge in [0.2, 0.25) is 0 Å². The first-order chi connectivity index (χ1) is 1.00. The average molecular weight is 145 g/mol. The summed E-state index contributed by atoms with van der Waals surface area (Å²) in [5.41, 5.74) is 0. The molecule has 0 bridgehead atoms. The smallest absolute Gasteiger partial charge is 0 e. The maximum Gasteiger partial charge on any atom is 0 e. The minimum Gasteiger partial charge on any atom is 0 e. The van der Waals surface area contributed by atoms with Crippen LogP contribution in [0.25, 0.3) is 0 Å². The van der Waals surface area contributed by atoms with Crippen molar-refractivity contribution in [3.05, 3.63) is 0 Å². The van der Waals surface area contributed by atoms with E-state index >= 15 is 0 Å². The topological polar surface area (TPSA) is 17.1 Å². The van der Waals surface area contributed by atoms with Gasteiger partial charge in [-0.15, -0.1) is 0 Å². The van der Waals surface area contributed by atoms with Crippen LogP contribution in [0.15, 0.2) is 0 Å². The van der Waals surface area contributed by atoms with Crippen LogP contribution >= 0.6 is 9.12 Å². The largest absolute Gasteiger partial charge is 0 e. The summed E-state index contributed by atoms with van der Waals surface area (Å²) in [5, 5.41) is 0. The van der Waals surface area contributed by atoms with Gasteiger partial charge in [-0.25, -0.2) is 0 Å². The molecule has 0 atom stereocenters. The van der Waals surface area contributed by atoms with Crippen LogP contribution < -0.4 is 0 Å². The average Bonchev–Trinajstić information content (AvgIpc) is 1.00. The van der Waals surface area contributed by atoms with E-state index in [9.17, 15) is 0 Å². The van der Waals surface area contributed by atoms with Crippen molar-refractivity contribution >= 4 is 46.9 Å². The molecule has 1 nitrogen and oxygen atoms in total. The van der Waals surface area contributed by atoms with Crippen molar-refractivity contribution in [1.82, 2.24) is 0 Å². The normalized spacial score (nSPS) is 1.00. The van der Waals surface area contributed by atoms with Gasteiger partial charge in [0, 0.05) is 17.1 Å². The first-order valence-electron chi connectivity index (χ1n) is 0.183. The minimum absolute atomic E-state index is 0. The van der Waals surface area contributed by atoms with Crippen LogP contribution in [0.3, 0.4) is 0 Å². The first-order valence-corrected chi connectivity index (χ1v) is 0.548.